The van der Waals surface area contributed by atoms with Gasteiger partial charge in [0, 0.05) is 48.5 Å². The van der Waals surface area contributed by atoms with Crippen LogP contribution < -0.4 is 10.2 Å². The van der Waals surface area contributed by atoms with E-state index >= 15 is 0 Å². The number of carbonyl (C=O) groups is 1. The van der Waals surface area contributed by atoms with Crippen LogP contribution in [0.1, 0.15) is 36.8 Å². The number of hydrogen-bond donors (Lipinski definition) is 1. The van der Waals surface area contributed by atoms with Gasteiger partial charge in [0.05, 0.1) is 12.1 Å². The second-order valence-electron chi connectivity index (χ2n) is 8.66. The van der Waals surface area contributed by atoms with Crippen LogP contribution in [0.25, 0.3) is 0 Å². The minimum absolute atomic E-state index is 0.0101. The van der Waals surface area contributed by atoms with Gasteiger partial charge in [-0.1, -0.05) is 6.07 Å². The van der Waals surface area contributed by atoms with E-state index in [2.05, 4.69) is 21.3 Å². The van der Waals surface area contributed by atoms with Crippen LogP contribution in [0, 0.1) is 23.0 Å². The molecule has 1 aromatic carbocycles. The third-order valence-corrected chi connectivity index (χ3v) is 6.80. The van der Waals surface area contributed by atoms with Crippen molar-refractivity contribution in [3.63, 3.8) is 0 Å². The van der Waals surface area contributed by atoms with E-state index in [1.54, 1.807) is 12.3 Å². The first-order valence-electron chi connectivity index (χ1n) is 10.6. The minimum Gasteiger partial charge on any atom is -0.350 e. The molecule has 2 bridgehead atoms. The molecule has 0 unspecified atom stereocenters. The zero-order valence-electron chi connectivity index (χ0n) is 17.0. The summed E-state index contributed by atoms with van der Waals surface area (Å²) in [6, 6.07) is 9.64. The number of anilines is 1. The Morgan fingerprint density at radius 2 is 2.00 bits per heavy atom. The van der Waals surface area contributed by atoms with E-state index < -0.39 is 17.2 Å². The van der Waals surface area contributed by atoms with Gasteiger partial charge < -0.3 is 9.80 Å². The zero-order chi connectivity index (χ0) is 21.6. The predicted molar refractivity (Wildman–Crippen MR) is 110 cm³/mol. The summed E-state index contributed by atoms with van der Waals surface area (Å²) in [7, 11) is 0. The molecule has 31 heavy (non-hydrogen) atoms. The number of benzene rings is 1. The van der Waals surface area contributed by atoms with Gasteiger partial charge in [0.15, 0.2) is 0 Å². The van der Waals surface area contributed by atoms with Crippen LogP contribution in [-0.4, -0.2) is 47.5 Å². The molecular formula is C23H23F2N5O. The van der Waals surface area contributed by atoms with Gasteiger partial charge in [-0.3, -0.25) is 10.1 Å². The zero-order valence-corrected chi connectivity index (χ0v) is 17.0. The summed E-state index contributed by atoms with van der Waals surface area (Å²) in [6.45, 7) is 1.48. The number of halogens is 2. The summed E-state index contributed by atoms with van der Waals surface area (Å²) >= 11 is 0. The van der Waals surface area contributed by atoms with Gasteiger partial charge in [0.25, 0.3) is 0 Å². The lowest BCUT2D eigenvalue weighted by Crippen LogP contribution is -2.65. The molecule has 6 rings (SSSR count). The molecule has 2 aromatic rings. The molecule has 1 aromatic heterocycles. The smallest absolute Gasteiger partial charge is 0.236 e. The van der Waals surface area contributed by atoms with E-state index in [0.29, 0.717) is 24.2 Å². The van der Waals surface area contributed by atoms with E-state index in [1.807, 2.05) is 11.0 Å². The molecule has 0 spiro atoms. The molecule has 8 heteroatoms. The monoisotopic (exact) mass is 423 g/mol. The van der Waals surface area contributed by atoms with Crippen LogP contribution in [0.4, 0.5) is 14.6 Å². The van der Waals surface area contributed by atoms with Crippen LogP contribution in [0.5, 0.6) is 0 Å². The van der Waals surface area contributed by atoms with Crippen LogP contribution in [0.15, 0.2) is 36.5 Å². The summed E-state index contributed by atoms with van der Waals surface area (Å²) in [5, 5.41) is 12.2. The highest BCUT2D eigenvalue weighted by Gasteiger charge is 2.47. The molecule has 1 amide bonds. The first kappa shape index (κ1) is 19.9. The largest absolute Gasteiger partial charge is 0.350 e. The topological polar surface area (TPSA) is 72.3 Å². The SMILES string of the molecule is N#Cc1ccc(N2C[C@@H]3CC[C@H]2CN3C(=O)CNC2(c3ccc(F)cc3F)CC2)nc1. The van der Waals surface area contributed by atoms with Gasteiger partial charge >= 0.3 is 0 Å². The van der Waals surface area contributed by atoms with E-state index in [0.717, 1.165) is 37.6 Å². The summed E-state index contributed by atoms with van der Waals surface area (Å²) in [6.07, 6.45) is 4.98. The maximum Gasteiger partial charge on any atom is 0.236 e. The van der Waals surface area contributed by atoms with Crippen molar-refractivity contribution in [1.29, 1.82) is 5.26 Å². The minimum atomic E-state index is -0.598. The maximum atomic E-state index is 14.2. The van der Waals surface area contributed by atoms with Crippen LogP contribution in [0.3, 0.4) is 0 Å². The molecule has 2 atom stereocenters. The maximum absolute atomic E-state index is 14.2. The lowest BCUT2D eigenvalue weighted by molar-refractivity contribution is -0.135. The van der Waals surface area contributed by atoms with Crippen molar-refractivity contribution in [2.45, 2.75) is 43.3 Å². The van der Waals surface area contributed by atoms with E-state index in [9.17, 15) is 13.6 Å². The number of nitrogens with one attached hydrogen (secondary N) is 1. The molecule has 1 aliphatic carbocycles. The molecular weight excluding hydrogens is 400 g/mol. The highest BCUT2D eigenvalue weighted by molar-refractivity contribution is 5.79. The second-order valence-corrected chi connectivity index (χ2v) is 8.66. The first-order chi connectivity index (χ1) is 15.0. The Morgan fingerprint density at radius 3 is 2.61 bits per heavy atom. The van der Waals surface area contributed by atoms with Crippen LogP contribution in [-0.2, 0) is 10.3 Å². The Hall–Kier alpha value is -3.05. The second kappa shape index (κ2) is 7.57. The molecule has 4 fully saturated rings. The summed E-state index contributed by atoms with van der Waals surface area (Å²) in [4.78, 5) is 21.6. The molecule has 4 heterocycles. The number of carbonyl (C=O) groups excluding carboxylic acids is 1. The third-order valence-electron chi connectivity index (χ3n) is 6.80. The Bertz CT molecular complexity index is 1050. The quantitative estimate of drug-likeness (QED) is 0.801. The molecule has 160 valence electrons. The summed E-state index contributed by atoms with van der Waals surface area (Å²) in [5.74, 6) is -0.322. The number of amides is 1. The number of piperidine rings is 2. The Labute approximate surface area is 179 Å². The van der Waals surface area contributed by atoms with Gasteiger partial charge in [-0.2, -0.15) is 5.26 Å². The molecule has 3 aliphatic heterocycles. The Kier molecular flexibility index (Phi) is 4.86. The van der Waals surface area contributed by atoms with Gasteiger partial charge in [-0.25, -0.2) is 13.8 Å². The Balaban J connectivity index is 1.23. The van der Waals surface area contributed by atoms with Gasteiger partial charge in [-0.05, 0) is 43.9 Å². The number of nitriles is 1. The normalized spacial score (nSPS) is 23.5. The number of pyridine rings is 1. The first-order valence-corrected chi connectivity index (χ1v) is 10.6. The van der Waals surface area contributed by atoms with E-state index in [1.165, 1.54) is 12.1 Å². The third kappa shape index (κ3) is 3.63. The average Bonchev–Trinajstić information content (AvgIpc) is 3.58. The average molecular weight is 423 g/mol. The number of aromatic nitrogens is 1. The molecule has 6 nitrogen and oxygen atoms in total. The van der Waals surface area contributed by atoms with E-state index in [4.69, 9.17) is 5.26 Å². The predicted octanol–water partition coefficient (Wildman–Crippen LogP) is 2.69. The van der Waals surface area contributed by atoms with Crippen molar-refractivity contribution in [2.24, 2.45) is 0 Å². The van der Waals surface area contributed by atoms with Crippen molar-refractivity contribution in [3.8, 4) is 6.07 Å². The fourth-order valence-corrected chi connectivity index (χ4v) is 4.93. The number of hydrogen-bond acceptors (Lipinski definition) is 5. The van der Waals surface area contributed by atoms with Gasteiger partial charge in [0.2, 0.25) is 5.91 Å². The van der Waals surface area contributed by atoms with Gasteiger partial charge in [0.1, 0.15) is 23.5 Å². The van der Waals surface area contributed by atoms with Crippen molar-refractivity contribution in [2.75, 3.05) is 24.5 Å². The number of nitrogens with zero attached hydrogens (tertiary/aromatic N) is 4. The molecule has 0 radical (unpaired) electrons. The molecule has 1 saturated carbocycles. The molecule has 4 aliphatic rings. The summed E-state index contributed by atoms with van der Waals surface area (Å²) < 4.78 is 27.5. The van der Waals surface area contributed by atoms with Crippen molar-refractivity contribution in [1.82, 2.24) is 15.2 Å². The lowest BCUT2D eigenvalue weighted by Gasteiger charge is -2.52. The van der Waals surface area contributed by atoms with Crippen LogP contribution in [0.2, 0.25) is 0 Å². The number of rotatable bonds is 5. The lowest BCUT2D eigenvalue weighted by atomic mass is 9.90. The van der Waals surface area contributed by atoms with Crippen molar-refractivity contribution in [3.05, 3.63) is 59.3 Å². The molecule has 1 N–H and O–H groups in total. The number of fused-ring (bicyclic) bond motifs is 3. The molecule has 3 saturated heterocycles. The van der Waals surface area contributed by atoms with Crippen molar-refractivity contribution >= 4 is 11.7 Å². The standard InChI is InChI=1S/C23H23F2N5O/c24-16-2-5-19(20(25)9-16)23(7-8-23)28-12-22(31)30-14-17-3-4-18(30)13-29(17)21-6-1-15(10-26)11-27-21/h1-2,5-6,9,11,17-18,28H,3-4,7-8,12-14H2/t17-,18-/m0/s1. The fraction of sp³-hybridized carbons (Fsp3) is 0.435. The summed E-state index contributed by atoms with van der Waals surface area (Å²) in [5.41, 5.74) is 0.390. The fourth-order valence-electron chi connectivity index (χ4n) is 4.93. The number of piperazine rings is 1. The highest BCUT2D eigenvalue weighted by atomic mass is 19.1. The van der Waals surface area contributed by atoms with Crippen molar-refractivity contribution < 1.29 is 13.6 Å². The van der Waals surface area contributed by atoms with Crippen LogP contribution >= 0.6 is 0 Å². The van der Waals surface area contributed by atoms with E-state index in [-0.39, 0.29) is 24.5 Å². The Morgan fingerprint density at radius 1 is 1.19 bits per heavy atom. The highest BCUT2D eigenvalue weighted by Crippen LogP contribution is 2.46. The van der Waals surface area contributed by atoms with Gasteiger partial charge in [-0.15, -0.1) is 0 Å².